The lowest BCUT2D eigenvalue weighted by Crippen LogP contribution is -2.09. The summed E-state index contributed by atoms with van der Waals surface area (Å²) in [7, 11) is 0. The van der Waals surface area contributed by atoms with Crippen molar-refractivity contribution in [2.45, 2.75) is 0 Å². The zero-order chi connectivity index (χ0) is 20.9. The number of thiophene rings is 1. The fourth-order valence-corrected chi connectivity index (χ4v) is 4.27. The Hall–Kier alpha value is -3.07. The van der Waals surface area contributed by atoms with Gasteiger partial charge in [-0.15, -0.1) is 11.3 Å². The van der Waals surface area contributed by atoms with Crippen molar-refractivity contribution in [2.24, 2.45) is 5.10 Å². The van der Waals surface area contributed by atoms with Crippen LogP contribution in [0.2, 0.25) is 5.02 Å². The second kappa shape index (κ2) is 9.17. The van der Waals surface area contributed by atoms with E-state index in [0.717, 1.165) is 5.56 Å². The maximum Gasteiger partial charge on any atom is 0.266 e. The van der Waals surface area contributed by atoms with Crippen molar-refractivity contribution >= 4 is 56.5 Å². The number of hydrazone groups is 1. The van der Waals surface area contributed by atoms with E-state index in [1.807, 2.05) is 41.8 Å². The van der Waals surface area contributed by atoms with E-state index in [1.165, 1.54) is 41.0 Å². The summed E-state index contributed by atoms with van der Waals surface area (Å²) >= 11 is 8.60. The van der Waals surface area contributed by atoms with Crippen LogP contribution in [0.15, 0.2) is 71.1 Å². The van der Waals surface area contributed by atoms with Crippen LogP contribution in [0.3, 0.4) is 0 Å². The van der Waals surface area contributed by atoms with Crippen LogP contribution >= 0.6 is 34.3 Å². The lowest BCUT2D eigenvalue weighted by Gasteiger charge is -2.03. The van der Waals surface area contributed by atoms with E-state index in [-0.39, 0.29) is 16.5 Å². The lowest BCUT2D eigenvalue weighted by molar-refractivity contribution is 0.103. The van der Waals surface area contributed by atoms with Crippen molar-refractivity contribution in [2.75, 3.05) is 10.7 Å². The van der Waals surface area contributed by atoms with Crippen LogP contribution in [0.1, 0.15) is 15.2 Å². The Morgan fingerprint density at radius 3 is 2.67 bits per heavy atom. The van der Waals surface area contributed by atoms with Crippen molar-refractivity contribution in [3.05, 3.63) is 87.3 Å². The Bertz CT molecular complexity index is 1170. The van der Waals surface area contributed by atoms with Gasteiger partial charge >= 0.3 is 0 Å². The molecule has 2 heterocycles. The minimum Gasteiger partial charge on any atom is -0.311 e. The van der Waals surface area contributed by atoms with Crippen molar-refractivity contribution in [1.29, 1.82) is 0 Å². The molecule has 0 atom stereocenters. The fourth-order valence-electron chi connectivity index (χ4n) is 2.60. The van der Waals surface area contributed by atoms with Gasteiger partial charge in [-0.05, 0) is 23.6 Å². The minimum absolute atomic E-state index is 0.178. The largest absolute Gasteiger partial charge is 0.311 e. The summed E-state index contributed by atoms with van der Waals surface area (Å²) in [5.74, 6) is -0.680. The number of hydrogen-bond acceptors (Lipinski definition) is 6. The molecule has 0 saturated heterocycles. The third-order valence-corrected chi connectivity index (χ3v) is 6.07. The lowest BCUT2D eigenvalue weighted by atomic mass is 10.2. The highest BCUT2D eigenvalue weighted by molar-refractivity contribution is 7.20. The number of aromatic nitrogens is 1. The molecule has 2 aromatic heterocycles. The first-order chi connectivity index (χ1) is 14.6. The highest BCUT2D eigenvalue weighted by Gasteiger charge is 2.17. The topological polar surface area (TPSA) is 66.4 Å². The predicted molar refractivity (Wildman–Crippen MR) is 122 cm³/mol. The molecule has 0 radical (unpaired) electrons. The average molecular weight is 457 g/mol. The molecular formula is C21H14ClFN4OS2. The fraction of sp³-hybridized carbons (Fsp3) is 0. The molecule has 0 aliphatic heterocycles. The molecule has 2 N–H and O–H groups in total. The molecule has 4 rings (SSSR count). The van der Waals surface area contributed by atoms with Crippen molar-refractivity contribution in [3.8, 4) is 11.3 Å². The van der Waals surface area contributed by atoms with Crippen LogP contribution in [0, 0.1) is 5.82 Å². The summed E-state index contributed by atoms with van der Waals surface area (Å²) < 4.78 is 13.9. The number of rotatable bonds is 6. The van der Waals surface area contributed by atoms with Crippen LogP contribution in [-0.2, 0) is 0 Å². The summed E-state index contributed by atoms with van der Waals surface area (Å²) in [4.78, 5) is 17.7. The van der Waals surface area contributed by atoms with Gasteiger partial charge in [-0.3, -0.25) is 10.2 Å². The van der Waals surface area contributed by atoms with Gasteiger partial charge in [0.05, 0.1) is 16.1 Å². The van der Waals surface area contributed by atoms with Crippen molar-refractivity contribution in [3.63, 3.8) is 0 Å². The molecule has 5 nitrogen and oxygen atoms in total. The summed E-state index contributed by atoms with van der Waals surface area (Å²) in [6.45, 7) is 0. The molecule has 0 aliphatic rings. The second-order valence-electron chi connectivity index (χ2n) is 6.00. The highest BCUT2D eigenvalue weighted by atomic mass is 35.5. The number of nitrogens with zero attached hydrogens (tertiary/aromatic N) is 2. The summed E-state index contributed by atoms with van der Waals surface area (Å²) in [5.41, 5.74) is 4.44. The average Bonchev–Trinajstić information content (AvgIpc) is 3.41. The van der Waals surface area contributed by atoms with E-state index in [2.05, 4.69) is 20.8 Å². The third-order valence-electron chi connectivity index (χ3n) is 4.00. The molecule has 0 spiro atoms. The molecule has 30 heavy (non-hydrogen) atoms. The van der Waals surface area contributed by atoms with Gasteiger partial charge in [-0.2, -0.15) is 5.10 Å². The van der Waals surface area contributed by atoms with Gasteiger partial charge in [0.1, 0.15) is 16.5 Å². The first kappa shape index (κ1) is 20.2. The number of halogens is 2. The molecule has 0 bridgehead atoms. The number of benzene rings is 2. The van der Waals surface area contributed by atoms with E-state index in [4.69, 9.17) is 11.6 Å². The van der Waals surface area contributed by atoms with Gasteiger partial charge in [-0.1, -0.05) is 65.4 Å². The minimum atomic E-state index is -0.471. The molecule has 0 fully saturated rings. The number of nitrogens with one attached hydrogen (secondary N) is 2. The van der Waals surface area contributed by atoms with Gasteiger partial charge in [0.2, 0.25) is 5.13 Å². The van der Waals surface area contributed by atoms with E-state index in [1.54, 1.807) is 12.1 Å². The zero-order valence-electron chi connectivity index (χ0n) is 15.3. The number of amides is 1. The zero-order valence-corrected chi connectivity index (χ0v) is 17.7. The van der Waals surface area contributed by atoms with Gasteiger partial charge in [0.15, 0.2) is 0 Å². The molecule has 0 unspecified atom stereocenters. The van der Waals surface area contributed by atoms with Crippen LogP contribution in [-0.4, -0.2) is 17.1 Å². The number of thiazole rings is 1. The Labute approximate surface area is 184 Å². The van der Waals surface area contributed by atoms with Crippen LogP contribution < -0.4 is 10.7 Å². The quantitative estimate of drug-likeness (QED) is 0.262. The van der Waals surface area contributed by atoms with Crippen molar-refractivity contribution < 1.29 is 9.18 Å². The first-order valence-corrected chi connectivity index (χ1v) is 10.8. The maximum absolute atomic E-state index is 13.9. The van der Waals surface area contributed by atoms with Gasteiger partial charge in [-0.25, -0.2) is 9.37 Å². The summed E-state index contributed by atoms with van der Waals surface area (Å²) in [5, 5.41) is 10.1. The van der Waals surface area contributed by atoms with E-state index < -0.39 is 5.82 Å². The number of anilines is 2. The van der Waals surface area contributed by atoms with E-state index >= 15 is 0 Å². The Morgan fingerprint density at radius 1 is 1.10 bits per heavy atom. The van der Waals surface area contributed by atoms with E-state index in [0.29, 0.717) is 20.7 Å². The Morgan fingerprint density at radius 2 is 1.93 bits per heavy atom. The van der Waals surface area contributed by atoms with Crippen LogP contribution in [0.25, 0.3) is 11.3 Å². The smallest absolute Gasteiger partial charge is 0.266 e. The summed E-state index contributed by atoms with van der Waals surface area (Å²) in [6.07, 6.45) is 1.30. The predicted octanol–water partition coefficient (Wildman–Crippen LogP) is 6.36. The van der Waals surface area contributed by atoms with Gasteiger partial charge in [0.25, 0.3) is 5.91 Å². The second-order valence-corrected chi connectivity index (χ2v) is 8.35. The van der Waals surface area contributed by atoms with Crippen LogP contribution in [0.5, 0.6) is 0 Å². The molecule has 0 aliphatic carbocycles. The molecule has 150 valence electrons. The molecule has 9 heteroatoms. The normalized spacial score (nSPS) is 11.0. The first-order valence-electron chi connectivity index (χ1n) is 8.76. The number of carbonyl (C=O) groups excluding carboxylic acids is 1. The van der Waals surface area contributed by atoms with Gasteiger partial charge < -0.3 is 5.32 Å². The molecular weight excluding hydrogens is 443 g/mol. The highest BCUT2D eigenvalue weighted by Crippen LogP contribution is 2.36. The summed E-state index contributed by atoms with van der Waals surface area (Å²) in [6, 6.07) is 17.5. The molecule has 4 aromatic rings. The van der Waals surface area contributed by atoms with Crippen LogP contribution in [0.4, 0.5) is 14.5 Å². The molecule has 2 aromatic carbocycles. The standard InChI is InChI=1S/C21H14ClFN4OS2/c22-15-8-4-9-16(23)14(15)12-24-27-21-25-18(13-6-2-1-3-7-13)20(30-21)26-19(28)17-10-5-11-29-17/h1-12H,(H,25,27)(H,26,28). The van der Waals surface area contributed by atoms with Crippen molar-refractivity contribution in [1.82, 2.24) is 4.98 Å². The third kappa shape index (κ3) is 4.56. The SMILES string of the molecule is O=C(Nc1sc(NN=Cc2c(F)cccc2Cl)nc1-c1ccccc1)c1cccs1. The Kier molecular flexibility index (Phi) is 6.18. The molecule has 1 amide bonds. The van der Waals surface area contributed by atoms with Gasteiger partial charge in [0, 0.05) is 11.1 Å². The Balaban J connectivity index is 1.60. The molecule has 0 saturated carbocycles. The monoisotopic (exact) mass is 456 g/mol. The number of carbonyl (C=O) groups is 1. The van der Waals surface area contributed by atoms with E-state index in [9.17, 15) is 9.18 Å². The number of hydrogen-bond donors (Lipinski definition) is 2. The maximum atomic E-state index is 13.9.